The Morgan fingerprint density at radius 3 is 2.50 bits per heavy atom. The molecule has 0 amide bonds. The van der Waals surface area contributed by atoms with E-state index in [4.69, 9.17) is 4.74 Å². The Kier molecular flexibility index (Phi) is 8.53. The van der Waals surface area contributed by atoms with Crippen molar-refractivity contribution < 1.29 is 21.1 Å². The van der Waals surface area contributed by atoms with Gasteiger partial charge in [-0.2, -0.15) is 0 Å². The Balaban J connectivity index is 1.73. The molecule has 0 fully saturated rings. The highest BCUT2D eigenvalue weighted by atomic mass is 32.1. The molecular formula is C19H34N3OS+3. The maximum absolute atomic E-state index is 5.97. The zero-order valence-electron chi connectivity index (χ0n) is 15.1. The zero-order valence-corrected chi connectivity index (χ0v) is 15.9. The lowest BCUT2D eigenvalue weighted by Gasteiger charge is -2.18. The molecule has 0 aliphatic heterocycles. The molecule has 0 radical (unpaired) electrons. The first-order valence-electron chi connectivity index (χ1n) is 9.28. The molecule has 0 bridgehead atoms. The highest BCUT2D eigenvalue weighted by Gasteiger charge is 2.08. The van der Waals surface area contributed by atoms with Crippen LogP contribution >= 0.6 is 11.3 Å². The van der Waals surface area contributed by atoms with Crippen LogP contribution in [0.1, 0.15) is 30.6 Å². The van der Waals surface area contributed by atoms with Crippen molar-refractivity contribution in [1.82, 2.24) is 0 Å². The van der Waals surface area contributed by atoms with Crippen molar-refractivity contribution in [3.8, 4) is 5.75 Å². The van der Waals surface area contributed by atoms with Crippen LogP contribution in [-0.2, 0) is 0 Å². The molecule has 0 aliphatic carbocycles. The predicted molar refractivity (Wildman–Crippen MR) is 102 cm³/mol. The van der Waals surface area contributed by atoms with Gasteiger partial charge >= 0.3 is 0 Å². The summed E-state index contributed by atoms with van der Waals surface area (Å²) in [5, 5.41) is 1.30. The van der Waals surface area contributed by atoms with Crippen molar-refractivity contribution in [2.24, 2.45) is 0 Å². The van der Waals surface area contributed by atoms with E-state index >= 15 is 0 Å². The normalized spacial score (nSPS) is 12.6. The topological polar surface area (TPSA) is 69.0 Å². The summed E-state index contributed by atoms with van der Waals surface area (Å²) >= 11 is 1.84. The van der Waals surface area contributed by atoms with Gasteiger partial charge in [-0.15, -0.1) is 11.3 Å². The second-order valence-corrected chi connectivity index (χ2v) is 7.81. The van der Waals surface area contributed by atoms with Crippen molar-refractivity contribution in [3.05, 3.63) is 29.1 Å². The van der Waals surface area contributed by atoms with E-state index in [-0.39, 0.29) is 0 Å². The lowest BCUT2D eigenvalue weighted by Crippen LogP contribution is -3.12. The number of quaternary nitrogens is 3. The Hall–Kier alpha value is -1.14. The summed E-state index contributed by atoms with van der Waals surface area (Å²) in [4.78, 5) is 3.05. The Morgan fingerprint density at radius 1 is 0.958 bits per heavy atom. The highest BCUT2D eigenvalue weighted by Crippen LogP contribution is 2.28. The van der Waals surface area contributed by atoms with E-state index in [1.807, 2.05) is 11.3 Å². The molecule has 4 nitrogen and oxygen atoms in total. The van der Waals surface area contributed by atoms with Crippen LogP contribution in [0.15, 0.2) is 24.3 Å². The molecule has 24 heavy (non-hydrogen) atoms. The van der Waals surface area contributed by atoms with Crippen LogP contribution in [0.2, 0.25) is 0 Å². The zero-order chi connectivity index (χ0) is 17.2. The van der Waals surface area contributed by atoms with Crippen molar-refractivity contribution in [2.75, 3.05) is 39.3 Å². The molecule has 1 unspecified atom stereocenters. The van der Waals surface area contributed by atoms with Crippen LogP contribution in [0.3, 0.4) is 0 Å². The van der Waals surface area contributed by atoms with Gasteiger partial charge in [0.25, 0.3) is 0 Å². The van der Waals surface area contributed by atoms with E-state index in [9.17, 15) is 0 Å². The minimum Gasteiger partial charge on any atom is -0.493 e. The Labute approximate surface area is 149 Å². The number of nitrogens with one attached hydrogen (secondary N) is 1. The van der Waals surface area contributed by atoms with Gasteiger partial charge in [-0.05, 0) is 36.6 Å². The van der Waals surface area contributed by atoms with Gasteiger partial charge in [0.2, 0.25) is 0 Å². The quantitative estimate of drug-likeness (QED) is 0.479. The third-order valence-corrected chi connectivity index (χ3v) is 5.40. The fraction of sp³-hybridized carbons (Fsp3) is 0.579. The van der Waals surface area contributed by atoms with E-state index in [0.717, 1.165) is 31.9 Å². The number of hydrogen-bond acceptors (Lipinski definition) is 2. The van der Waals surface area contributed by atoms with Crippen molar-refractivity contribution in [3.63, 3.8) is 0 Å². The lowest BCUT2D eigenvalue weighted by molar-refractivity contribution is -0.901. The molecule has 2 aromatic rings. The minimum atomic E-state index is 0.803. The molecule has 1 aromatic carbocycles. The SMILES string of the molecule is Cc1cc2cc(OCCC[NH+](CCC[NH3+])CCCC[NH3+])ccc2s1. The number of benzene rings is 1. The number of thiophene rings is 1. The van der Waals surface area contributed by atoms with Crippen molar-refractivity contribution in [2.45, 2.75) is 32.6 Å². The average molecular weight is 353 g/mol. The first-order chi connectivity index (χ1) is 11.7. The molecule has 0 spiro atoms. The van der Waals surface area contributed by atoms with Gasteiger partial charge in [0.1, 0.15) is 5.75 Å². The van der Waals surface area contributed by atoms with Crippen LogP contribution in [0.5, 0.6) is 5.75 Å². The first kappa shape index (κ1) is 19.2. The molecule has 7 N–H and O–H groups in total. The monoisotopic (exact) mass is 352 g/mol. The summed E-state index contributed by atoms with van der Waals surface area (Å²) in [7, 11) is 0. The molecule has 1 aromatic heterocycles. The molecule has 0 saturated heterocycles. The van der Waals surface area contributed by atoms with Crippen LogP contribution in [-0.4, -0.2) is 39.3 Å². The van der Waals surface area contributed by atoms with E-state index in [1.54, 1.807) is 4.90 Å². The van der Waals surface area contributed by atoms with Crippen LogP contribution in [0.25, 0.3) is 10.1 Å². The van der Waals surface area contributed by atoms with E-state index in [0.29, 0.717) is 0 Å². The third-order valence-electron chi connectivity index (χ3n) is 4.37. The number of rotatable bonds is 12. The summed E-state index contributed by atoms with van der Waals surface area (Å²) < 4.78 is 7.31. The first-order valence-corrected chi connectivity index (χ1v) is 10.1. The van der Waals surface area contributed by atoms with Gasteiger partial charge in [0.05, 0.1) is 39.3 Å². The van der Waals surface area contributed by atoms with Crippen LogP contribution < -0.4 is 21.1 Å². The summed E-state index contributed by atoms with van der Waals surface area (Å²) in [6.45, 7) is 8.74. The number of hydrogen-bond donors (Lipinski definition) is 3. The van der Waals surface area contributed by atoms with Gasteiger partial charge in [0, 0.05) is 35.3 Å². The number of ether oxygens (including phenoxy) is 1. The minimum absolute atomic E-state index is 0.803. The summed E-state index contributed by atoms with van der Waals surface area (Å²) in [5.74, 6) is 0.997. The van der Waals surface area contributed by atoms with Crippen molar-refractivity contribution in [1.29, 1.82) is 0 Å². The maximum Gasteiger partial charge on any atom is 0.119 e. The standard InChI is InChI=1S/C19H31N3OS/c1-16-14-17-15-18(6-7-19(17)24-16)23-13-5-12-22(11-4-9-21)10-3-2-8-20/h6-7,14-15H,2-5,8-13,20-21H2,1H3/p+3. The smallest absolute Gasteiger partial charge is 0.119 e. The van der Waals surface area contributed by atoms with Crippen LogP contribution in [0.4, 0.5) is 0 Å². The van der Waals surface area contributed by atoms with Crippen molar-refractivity contribution >= 4 is 21.4 Å². The van der Waals surface area contributed by atoms with Gasteiger partial charge in [-0.3, -0.25) is 0 Å². The van der Waals surface area contributed by atoms with E-state index < -0.39 is 0 Å². The number of unbranched alkanes of at least 4 members (excludes halogenated alkanes) is 1. The molecule has 0 saturated carbocycles. The summed E-state index contributed by atoms with van der Waals surface area (Å²) in [6, 6.07) is 8.67. The molecule has 1 heterocycles. The number of fused-ring (bicyclic) bond motifs is 1. The highest BCUT2D eigenvalue weighted by molar-refractivity contribution is 7.19. The molecule has 5 heteroatoms. The fourth-order valence-electron chi connectivity index (χ4n) is 3.06. The van der Waals surface area contributed by atoms with Crippen LogP contribution in [0, 0.1) is 6.92 Å². The maximum atomic E-state index is 5.97. The Bertz CT molecular complexity index is 599. The van der Waals surface area contributed by atoms with Gasteiger partial charge in [-0.1, -0.05) is 0 Å². The fourth-order valence-corrected chi connectivity index (χ4v) is 3.96. The number of aryl methyl sites for hydroxylation is 1. The summed E-state index contributed by atoms with van der Waals surface area (Å²) in [5.41, 5.74) is 7.91. The molecule has 2 rings (SSSR count). The van der Waals surface area contributed by atoms with Gasteiger partial charge in [0.15, 0.2) is 0 Å². The molecule has 134 valence electrons. The summed E-state index contributed by atoms with van der Waals surface area (Å²) in [6.07, 6.45) is 4.85. The predicted octanol–water partition coefficient (Wildman–Crippen LogP) is 0.518. The molecule has 1 atom stereocenters. The van der Waals surface area contributed by atoms with Gasteiger partial charge < -0.3 is 21.1 Å². The van der Waals surface area contributed by atoms with E-state index in [1.165, 1.54) is 53.9 Å². The Morgan fingerprint density at radius 2 is 1.71 bits per heavy atom. The molecular weight excluding hydrogens is 318 g/mol. The van der Waals surface area contributed by atoms with E-state index in [2.05, 4.69) is 42.7 Å². The average Bonchev–Trinajstić information content (AvgIpc) is 2.95. The third kappa shape index (κ3) is 6.40. The molecule has 0 aliphatic rings. The lowest BCUT2D eigenvalue weighted by atomic mass is 10.2. The second-order valence-electron chi connectivity index (χ2n) is 6.53. The largest absolute Gasteiger partial charge is 0.493 e. The second kappa shape index (κ2) is 10.7. The van der Waals surface area contributed by atoms with Gasteiger partial charge in [-0.25, -0.2) is 0 Å².